The normalized spacial score (nSPS) is 16.2. The number of carboxylic acid groups (broad SMARTS) is 1. The largest absolute Gasteiger partial charge is 0.465 e. The molecule has 1 aromatic heterocycles. The SMILES string of the molecule is O=C(O)N1CCN(C(=O)c2ccco2)CC1. The molecule has 0 aromatic carbocycles. The van der Waals surface area contributed by atoms with E-state index in [0.29, 0.717) is 31.9 Å². The first-order chi connectivity index (χ1) is 7.68. The molecule has 0 radical (unpaired) electrons. The van der Waals surface area contributed by atoms with Gasteiger partial charge in [-0.3, -0.25) is 4.79 Å². The zero-order chi connectivity index (χ0) is 11.5. The molecule has 16 heavy (non-hydrogen) atoms. The first kappa shape index (κ1) is 10.5. The lowest BCUT2D eigenvalue weighted by atomic mass is 10.3. The summed E-state index contributed by atoms with van der Waals surface area (Å²) in [5.41, 5.74) is 0. The number of amides is 2. The van der Waals surface area contributed by atoms with Crippen molar-refractivity contribution in [2.24, 2.45) is 0 Å². The van der Waals surface area contributed by atoms with Crippen molar-refractivity contribution in [3.63, 3.8) is 0 Å². The number of furan rings is 1. The second kappa shape index (κ2) is 4.26. The minimum absolute atomic E-state index is 0.185. The van der Waals surface area contributed by atoms with Gasteiger partial charge < -0.3 is 19.3 Å². The van der Waals surface area contributed by atoms with E-state index in [1.165, 1.54) is 11.2 Å². The topological polar surface area (TPSA) is 74.0 Å². The molecule has 2 heterocycles. The molecule has 86 valence electrons. The Kier molecular flexibility index (Phi) is 2.80. The van der Waals surface area contributed by atoms with Crippen molar-refractivity contribution in [1.82, 2.24) is 9.80 Å². The summed E-state index contributed by atoms with van der Waals surface area (Å²) in [7, 11) is 0. The Morgan fingerprint density at radius 2 is 1.81 bits per heavy atom. The molecule has 1 fully saturated rings. The summed E-state index contributed by atoms with van der Waals surface area (Å²) in [6.07, 6.45) is 0.505. The fourth-order valence-corrected chi connectivity index (χ4v) is 1.66. The molecule has 6 nitrogen and oxygen atoms in total. The molecule has 6 heteroatoms. The smallest absolute Gasteiger partial charge is 0.407 e. The van der Waals surface area contributed by atoms with Crippen LogP contribution in [0.15, 0.2) is 22.8 Å². The van der Waals surface area contributed by atoms with Crippen molar-refractivity contribution in [2.45, 2.75) is 0 Å². The summed E-state index contributed by atoms with van der Waals surface area (Å²) < 4.78 is 5.00. The fourth-order valence-electron chi connectivity index (χ4n) is 1.66. The van der Waals surface area contributed by atoms with E-state index in [9.17, 15) is 9.59 Å². The van der Waals surface area contributed by atoms with Gasteiger partial charge in [-0.2, -0.15) is 0 Å². The van der Waals surface area contributed by atoms with E-state index < -0.39 is 6.09 Å². The second-order valence-corrected chi connectivity index (χ2v) is 3.54. The number of hydrogen-bond acceptors (Lipinski definition) is 3. The molecule has 1 N–H and O–H groups in total. The van der Waals surface area contributed by atoms with Crippen molar-refractivity contribution in [3.05, 3.63) is 24.2 Å². The monoisotopic (exact) mass is 224 g/mol. The Hall–Kier alpha value is -1.98. The number of hydrogen-bond donors (Lipinski definition) is 1. The maximum atomic E-state index is 11.8. The van der Waals surface area contributed by atoms with E-state index in [1.54, 1.807) is 17.0 Å². The van der Waals surface area contributed by atoms with Crippen molar-refractivity contribution in [3.8, 4) is 0 Å². The zero-order valence-electron chi connectivity index (χ0n) is 8.63. The van der Waals surface area contributed by atoms with Crippen LogP contribution >= 0.6 is 0 Å². The third-order valence-corrected chi connectivity index (χ3v) is 2.57. The van der Waals surface area contributed by atoms with Crippen LogP contribution in [0, 0.1) is 0 Å². The quantitative estimate of drug-likeness (QED) is 0.762. The van der Waals surface area contributed by atoms with Crippen molar-refractivity contribution in [2.75, 3.05) is 26.2 Å². The minimum atomic E-state index is -0.940. The molecule has 1 aliphatic heterocycles. The molecule has 2 amide bonds. The van der Waals surface area contributed by atoms with Gasteiger partial charge in [-0.05, 0) is 12.1 Å². The third-order valence-electron chi connectivity index (χ3n) is 2.57. The van der Waals surface area contributed by atoms with Gasteiger partial charge in [0.15, 0.2) is 5.76 Å². The van der Waals surface area contributed by atoms with Crippen LogP contribution in [0.4, 0.5) is 4.79 Å². The van der Waals surface area contributed by atoms with Gasteiger partial charge in [0.1, 0.15) is 0 Å². The Morgan fingerprint density at radius 3 is 2.31 bits per heavy atom. The van der Waals surface area contributed by atoms with Crippen LogP contribution in [-0.2, 0) is 0 Å². The Balaban J connectivity index is 1.94. The molecule has 0 unspecified atom stereocenters. The zero-order valence-corrected chi connectivity index (χ0v) is 8.63. The van der Waals surface area contributed by atoms with Crippen molar-refractivity contribution in [1.29, 1.82) is 0 Å². The number of piperazine rings is 1. The number of carbonyl (C=O) groups is 2. The molecular formula is C10H12N2O4. The van der Waals surface area contributed by atoms with Gasteiger partial charge in [0.25, 0.3) is 5.91 Å². The highest BCUT2D eigenvalue weighted by Crippen LogP contribution is 2.09. The lowest BCUT2D eigenvalue weighted by Gasteiger charge is -2.32. The van der Waals surface area contributed by atoms with Gasteiger partial charge >= 0.3 is 6.09 Å². The van der Waals surface area contributed by atoms with Gasteiger partial charge in [0.2, 0.25) is 0 Å². The van der Waals surface area contributed by atoms with Crippen LogP contribution in [0.25, 0.3) is 0 Å². The summed E-state index contributed by atoms with van der Waals surface area (Å²) in [5.74, 6) is 0.110. The molecule has 0 saturated carbocycles. The van der Waals surface area contributed by atoms with E-state index in [1.807, 2.05) is 0 Å². The molecule has 0 aliphatic carbocycles. The highest BCUT2D eigenvalue weighted by Gasteiger charge is 2.25. The van der Waals surface area contributed by atoms with Crippen molar-refractivity contribution >= 4 is 12.0 Å². The minimum Gasteiger partial charge on any atom is -0.465 e. The second-order valence-electron chi connectivity index (χ2n) is 3.54. The van der Waals surface area contributed by atoms with Crippen molar-refractivity contribution < 1.29 is 19.1 Å². The van der Waals surface area contributed by atoms with Gasteiger partial charge in [-0.25, -0.2) is 4.79 Å². The molecule has 1 saturated heterocycles. The molecule has 0 spiro atoms. The van der Waals surface area contributed by atoms with Crippen LogP contribution in [0.3, 0.4) is 0 Å². The number of nitrogens with zero attached hydrogens (tertiary/aromatic N) is 2. The maximum absolute atomic E-state index is 11.8. The summed E-state index contributed by atoms with van der Waals surface area (Å²) in [6, 6.07) is 3.26. The summed E-state index contributed by atoms with van der Waals surface area (Å²) in [6.45, 7) is 1.52. The van der Waals surface area contributed by atoms with Crippen LogP contribution in [0.1, 0.15) is 10.6 Å². The third kappa shape index (κ3) is 2.00. The van der Waals surface area contributed by atoms with Gasteiger partial charge in [0.05, 0.1) is 6.26 Å². The first-order valence-corrected chi connectivity index (χ1v) is 4.99. The molecule has 0 atom stereocenters. The van der Waals surface area contributed by atoms with E-state index in [4.69, 9.17) is 9.52 Å². The van der Waals surface area contributed by atoms with Crippen LogP contribution < -0.4 is 0 Å². The van der Waals surface area contributed by atoms with E-state index in [-0.39, 0.29) is 5.91 Å². The van der Waals surface area contributed by atoms with Gasteiger partial charge in [0, 0.05) is 26.2 Å². The average Bonchev–Trinajstić information content (AvgIpc) is 2.81. The van der Waals surface area contributed by atoms with Crippen LogP contribution in [0.2, 0.25) is 0 Å². The van der Waals surface area contributed by atoms with E-state index in [2.05, 4.69) is 0 Å². The summed E-state index contributed by atoms with van der Waals surface area (Å²) in [5, 5.41) is 8.75. The summed E-state index contributed by atoms with van der Waals surface area (Å²) in [4.78, 5) is 25.4. The first-order valence-electron chi connectivity index (χ1n) is 4.99. The molecule has 1 aliphatic rings. The molecule has 0 bridgehead atoms. The van der Waals surface area contributed by atoms with Crippen LogP contribution in [0.5, 0.6) is 0 Å². The Morgan fingerprint density at radius 1 is 1.19 bits per heavy atom. The highest BCUT2D eigenvalue weighted by atomic mass is 16.4. The Bertz CT molecular complexity index is 380. The summed E-state index contributed by atoms with van der Waals surface area (Å²) >= 11 is 0. The molecule has 2 rings (SSSR count). The van der Waals surface area contributed by atoms with Gasteiger partial charge in [-0.15, -0.1) is 0 Å². The lowest BCUT2D eigenvalue weighted by Crippen LogP contribution is -2.50. The average molecular weight is 224 g/mol. The molecule has 1 aromatic rings. The highest BCUT2D eigenvalue weighted by molar-refractivity contribution is 5.91. The van der Waals surface area contributed by atoms with E-state index in [0.717, 1.165) is 0 Å². The Labute approximate surface area is 92.0 Å². The standard InChI is InChI=1S/C10H12N2O4/c13-9(8-2-1-7-16-8)11-3-5-12(6-4-11)10(14)15/h1-2,7H,3-6H2,(H,14,15). The maximum Gasteiger partial charge on any atom is 0.407 e. The predicted molar refractivity (Wildman–Crippen MR) is 54.2 cm³/mol. The number of carbonyl (C=O) groups excluding carboxylic acids is 1. The van der Waals surface area contributed by atoms with Gasteiger partial charge in [-0.1, -0.05) is 0 Å². The fraction of sp³-hybridized carbons (Fsp3) is 0.400. The number of rotatable bonds is 1. The van der Waals surface area contributed by atoms with E-state index >= 15 is 0 Å². The predicted octanol–water partition coefficient (Wildman–Crippen LogP) is 0.715. The lowest BCUT2D eigenvalue weighted by molar-refractivity contribution is 0.0596. The molecular weight excluding hydrogens is 212 g/mol. The van der Waals surface area contributed by atoms with Crippen LogP contribution in [-0.4, -0.2) is 53.1 Å².